The Hall–Kier alpha value is -1.55. The van der Waals surface area contributed by atoms with E-state index in [-0.39, 0.29) is 5.91 Å². The Morgan fingerprint density at radius 3 is 3.05 bits per heavy atom. The maximum atomic E-state index is 12.3. The summed E-state index contributed by atoms with van der Waals surface area (Å²) in [5.74, 6) is 0.917. The molecule has 1 aliphatic rings. The summed E-state index contributed by atoms with van der Waals surface area (Å²) < 4.78 is 5.40. The van der Waals surface area contributed by atoms with Crippen LogP contribution in [0.4, 0.5) is 5.69 Å². The Bertz CT molecular complexity index is 432. The molecule has 2 rings (SSSR count). The predicted molar refractivity (Wildman–Crippen MR) is 76.8 cm³/mol. The molecule has 0 aliphatic carbocycles. The van der Waals surface area contributed by atoms with E-state index in [4.69, 9.17) is 4.74 Å². The molecule has 1 aromatic carbocycles. The largest absolute Gasteiger partial charge is 0.495 e. The molecule has 1 aliphatic heterocycles. The number of rotatable bonds is 5. The third kappa shape index (κ3) is 3.07. The SMILES string of the molecule is CCCNCC(=O)N1CCCc2cccc(OC)c21. The molecule has 1 amide bonds. The van der Waals surface area contributed by atoms with Gasteiger partial charge in [0.2, 0.25) is 5.91 Å². The number of fused-ring (bicyclic) bond motifs is 1. The van der Waals surface area contributed by atoms with E-state index in [1.807, 2.05) is 17.0 Å². The number of para-hydroxylation sites is 1. The molecule has 0 unspecified atom stereocenters. The van der Waals surface area contributed by atoms with Crippen molar-refractivity contribution < 1.29 is 9.53 Å². The van der Waals surface area contributed by atoms with Crippen molar-refractivity contribution in [3.05, 3.63) is 23.8 Å². The third-order valence-corrected chi connectivity index (χ3v) is 3.40. The first kappa shape index (κ1) is 13.9. The quantitative estimate of drug-likeness (QED) is 0.825. The van der Waals surface area contributed by atoms with E-state index >= 15 is 0 Å². The smallest absolute Gasteiger partial charge is 0.241 e. The molecule has 1 N–H and O–H groups in total. The van der Waals surface area contributed by atoms with Crippen molar-refractivity contribution in [2.24, 2.45) is 0 Å². The zero-order chi connectivity index (χ0) is 13.7. The minimum absolute atomic E-state index is 0.124. The number of nitrogens with zero attached hydrogens (tertiary/aromatic N) is 1. The zero-order valence-corrected chi connectivity index (χ0v) is 11.7. The summed E-state index contributed by atoms with van der Waals surface area (Å²) in [7, 11) is 1.65. The van der Waals surface area contributed by atoms with Crippen LogP contribution >= 0.6 is 0 Å². The summed E-state index contributed by atoms with van der Waals surface area (Å²) in [5.41, 5.74) is 2.16. The molecule has 0 bridgehead atoms. The monoisotopic (exact) mass is 262 g/mol. The van der Waals surface area contributed by atoms with Crippen molar-refractivity contribution in [3.63, 3.8) is 0 Å². The number of benzene rings is 1. The summed E-state index contributed by atoms with van der Waals surface area (Å²) in [6.07, 6.45) is 3.06. The Morgan fingerprint density at radius 2 is 2.32 bits per heavy atom. The van der Waals surface area contributed by atoms with Crippen LogP contribution in [0.15, 0.2) is 18.2 Å². The first-order chi connectivity index (χ1) is 9.27. The normalized spacial score (nSPS) is 14.1. The van der Waals surface area contributed by atoms with E-state index in [0.29, 0.717) is 6.54 Å². The fourth-order valence-electron chi connectivity index (χ4n) is 2.50. The van der Waals surface area contributed by atoms with E-state index in [1.165, 1.54) is 5.56 Å². The Morgan fingerprint density at radius 1 is 1.47 bits per heavy atom. The van der Waals surface area contributed by atoms with Crippen LogP contribution in [0.3, 0.4) is 0 Å². The molecule has 0 aromatic heterocycles. The number of amides is 1. The van der Waals surface area contributed by atoms with E-state index in [9.17, 15) is 4.79 Å². The second-order valence-electron chi connectivity index (χ2n) is 4.79. The van der Waals surface area contributed by atoms with Gasteiger partial charge in [-0.25, -0.2) is 0 Å². The van der Waals surface area contributed by atoms with Crippen molar-refractivity contribution in [2.75, 3.05) is 31.6 Å². The summed E-state index contributed by atoms with van der Waals surface area (Å²) in [6.45, 7) is 4.14. The van der Waals surface area contributed by atoms with Gasteiger partial charge >= 0.3 is 0 Å². The van der Waals surface area contributed by atoms with Crippen LogP contribution in [0.25, 0.3) is 0 Å². The Kier molecular flexibility index (Phi) is 4.80. The van der Waals surface area contributed by atoms with E-state index in [2.05, 4.69) is 18.3 Å². The van der Waals surface area contributed by atoms with Crippen LogP contribution in [-0.4, -0.2) is 32.7 Å². The lowest BCUT2D eigenvalue weighted by Gasteiger charge is -2.31. The highest BCUT2D eigenvalue weighted by molar-refractivity contribution is 5.97. The number of methoxy groups -OCH3 is 1. The third-order valence-electron chi connectivity index (χ3n) is 3.40. The second kappa shape index (κ2) is 6.57. The Labute approximate surface area is 114 Å². The molecule has 19 heavy (non-hydrogen) atoms. The summed E-state index contributed by atoms with van der Waals surface area (Å²) in [4.78, 5) is 14.2. The van der Waals surface area contributed by atoms with Gasteiger partial charge in [-0.05, 0) is 37.4 Å². The minimum Gasteiger partial charge on any atom is -0.495 e. The van der Waals surface area contributed by atoms with Crippen molar-refractivity contribution in [1.82, 2.24) is 5.32 Å². The van der Waals surface area contributed by atoms with Gasteiger partial charge in [0.1, 0.15) is 5.75 Å². The van der Waals surface area contributed by atoms with Crippen molar-refractivity contribution in [2.45, 2.75) is 26.2 Å². The van der Waals surface area contributed by atoms with Gasteiger partial charge in [0.25, 0.3) is 0 Å². The number of ether oxygens (including phenoxy) is 1. The first-order valence-electron chi connectivity index (χ1n) is 6.95. The van der Waals surface area contributed by atoms with Crippen LogP contribution in [0.1, 0.15) is 25.3 Å². The van der Waals surface area contributed by atoms with Gasteiger partial charge in [0, 0.05) is 6.54 Å². The number of carbonyl (C=O) groups is 1. The van der Waals surface area contributed by atoms with Crippen molar-refractivity contribution in [3.8, 4) is 5.75 Å². The van der Waals surface area contributed by atoms with Gasteiger partial charge in [-0.1, -0.05) is 19.1 Å². The fraction of sp³-hybridized carbons (Fsp3) is 0.533. The minimum atomic E-state index is 0.124. The summed E-state index contributed by atoms with van der Waals surface area (Å²) in [5, 5.41) is 3.17. The first-order valence-corrected chi connectivity index (χ1v) is 6.95. The lowest BCUT2D eigenvalue weighted by Crippen LogP contribution is -2.41. The second-order valence-corrected chi connectivity index (χ2v) is 4.79. The van der Waals surface area contributed by atoms with Gasteiger partial charge in [0.05, 0.1) is 19.3 Å². The lowest BCUT2D eigenvalue weighted by molar-refractivity contribution is -0.117. The predicted octanol–water partition coefficient (Wildman–Crippen LogP) is 1.97. The molecule has 104 valence electrons. The highest BCUT2D eigenvalue weighted by Crippen LogP contribution is 2.35. The van der Waals surface area contributed by atoms with E-state index in [1.54, 1.807) is 7.11 Å². The molecule has 0 fully saturated rings. The number of aryl methyl sites for hydroxylation is 1. The van der Waals surface area contributed by atoms with Crippen LogP contribution in [0, 0.1) is 0 Å². The van der Waals surface area contributed by atoms with Crippen molar-refractivity contribution in [1.29, 1.82) is 0 Å². The fourth-order valence-corrected chi connectivity index (χ4v) is 2.50. The number of anilines is 1. The number of nitrogens with one attached hydrogen (secondary N) is 1. The van der Waals surface area contributed by atoms with Crippen LogP contribution in [0.5, 0.6) is 5.75 Å². The van der Waals surface area contributed by atoms with Gasteiger partial charge in [0.15, 0.2) is 0 Å². The average molecular weight is 262 g/mol. The van der Waals surface area contributed by atoms with Crippen LogP contribution in [0.2, 0.25) is 0 Å². The maximum absolute atomic E-state index is 12.3. The van der Waals surface area contributed by atoms with Gasteiger partial charge < -0.3 is 15.0 Å². The van der Waals surface area contributed by atoms with Crippen molar-refractivity contribution >= 4 is 11.6 Å². The summed E-state index contributed by atoms with van der Waals surface area (Å²) >= 11 is 0. The Balaban J connectivity index is 2.18. The topological polar surface area (TPSA) is 41.6 Å². The molecule has 0 spiro atoms. The standard InChI is InChI=1S/C15H22N2O2/c1-3-9-16-11-14(18)17-10-5-7-12-6-4-8-13(19-2)15(12)17/h4,6,8,16H,3,5,7,9-11H2,1-2H3. The zero-order valence-electron chi connectivity index (χ0n) is 11.7. The molecule has 4 heteroatoms. The van der Waals surface area contributed by atoms with Gasteiger partial charge in [-0.2, -0.15) is 0 Å². The molecule has 4 nitrogen and oxygen atoms in total. The average Bonchev–Trinajstić information content (AvgIpc) is 2.46. The number of carbonyl (C=O) groups excluding carboxylic acids is 1. The molecule has 1 heterocycles. The van der Waals surface area contributed by atoms with E-state index < -0.39 is 0 Å². The lowest BCUT2D eigenvalue weighted by atomic mass is 10.0. The molecule has 1 aromatic rings. The molecule has 0 atom stereocenters. The molecule has 0 saturated heterocycles. The van der Waals surface area contributed by atoms with E-state index in [0.717, 1.165) is 43.8 Å². The van der Waals surface area contributed by atoms with Crippen LogP contribution in [-0.2, 0) is 11.2 Å². The molecule has 0 radical (unpaired) electrons. The maximum Gasteiger partial charge on any atom is 0.241 e. The van der Waals surface area contributed by atoms with Gasteiger partial charge in [-0.3, -0.25) is 4.79 Å². The summed E-state index contributed by atoms with van der Waals surface area (Å²) in [6, 6.07) is 5.99. The van der Waals surface area contributed by atoms with Crippen LogP contribution < -0.4 is 15.0 Å². The molecular formula is C15H22N2O2. The number of hydrogen-bond donors (Lipinski definition) is 1. The number of hydrogen-bond acceptors (Lipinski definition) is 3. The molecular weight excluding hydrogens is 240 g/mol. The highest BCUT2D eigenvalue weighted by Gasteiger charge is 2.25. The highest BCUT2D eigenvalue weighted by atomic mass is 16.5. The van der Waals surface area contributed by atoms with Gasteiger partial charge in [-0.15, -0.1) is 0 Å². The molecule has 0 saturated carbocycles.